The first-order valence-electron chi connectivity index (χ1n) is 7.28. The number of rotatable bonds is 5. The molecule has 0 spiro atoms. The summed E-state index contributed by atoms with van der Waals surface area (Å²) in [6.07, 6.45) is 3.27. The third kappa shape index (κ3) is 4.61. The molecule has 0 fully saturated rings. The number of hydrogen-bond donors (Lipinski definition) is 2. The third-order valence-corrected chi connectivity index (χ3v) is 5.15. The monoisotopic (exact) mass is 344 g/mol. The Labute approximate surface area is 136 Å². The molecule has 2 rings (SSSR count). The van der Waals surface area contributed by atoms with Crippen molar-refractivity contribution in [1.82, 2.24) is 10.6 Å². The summed E-state index contributed by atoms with van der Waals surface area (Å²) >= 11 is 6.15. The van der Waals surface area contributed by atoms with Crippen molar-refractivity contribution in [3.05, 3.63) is 34.3 Å². The van der Waals surface area contributed by atoms with Gasteiger partial charge in [-0.05, 0) is 43.4 Å². The molecule has 2 atom stereocenters. The van der Waals surface area contributed by atoms with Gasteiger partial charge < -0.3 is 10.6 Å². The van der Waals surface area contributed by atoms with Crippen LogP contribution in [-0.4, -0.2) is 32.5 Å². The Kier molecular flexibility index (Phi) is 5.34. The molecule has 0 heterocycles. The van der Waals surface area contributed by atoms with E-state index in [2.05, 4.69) is 10.6 Å². The van der Waals surface area contributed by atoms with Crippen molar-refractivity contribution in [2.45, 2.75) is 38.3 Å². The highest BCUT2D eigenvalue weighted by atomic mass is 35.5. The van der Waals surface area contributed by atoms with E-state index in [9.17, 15) is 13.2 Å². The number of fused-ring (bicyclic) bond motifs is 1. The van der Waals surface area contributed by atoms with Gasteiger partial charge in [0.25, 0.3) is 0 Å². The lowest BCUT2D eigenvalue weighted by molar-refractivity contribution is 0.233. The Morgan fingerprint density at radius 2 is 2.18 bits per heavy atom. The number of urea groups is 1. The zero-order valence-corrected chi connectivity index (χ0v) is 14.3. The fourth-order valence-corrected chi connectivity index (χ4v) is 3.70. The summed E-state index contributed by atoms with van der Waals surface area (Å²) in [6, 6.07) is 5.19. The molecule has 2 amide bonds. The van der Waals surface area contributed by atoms with E-state index in [1.807, 2.05) is 18.2 Å². The summed E-state index contributed by atoms with van der Waals surface area (Å²) in [4.78, 5) is 12.0. The van der Waals surface area contributed by atoms with E-state index in [0.717, 1.165) is 29.0 Å². The second-order valence-corrected chi connectivity index (χ2v) is 8.50. The summed E-state index contributed by atoms with van der Waals surface area (Å²) in [6.45, 7) is 1.80. The van der Waals surface area contributed by atoms with Gasteiger partial charge >= 0.3 is 6.03 Å². The molecule has 0 unspecified atom stereocenters. The zero-order valence-electron chi connectivity index (χ0n) is 12.7. The fourth-order valence-electron chi connectivity index (χ4n) is 2.65. The predicted molar refractivity (Wildman–Crippen MR) is 88.0 cm³/mol. The van der Waals surface area contributed by atoms with Crippen LogP contribution >= 0.6 is 11.6 Å². The van der Waals surface area contributed by atoms with Gasteiger partial charge in [-0.25, -0.2) is 13.2 Å². The van der Waals surface area contributed by atoms with Crippen LogP contribution in [-0.2, 0) is 16.3 Å². The highest BCUT2D eigenvalue weighted by Crippen LogP contribution is 2.35. The smallest absolute Gasteiger partial charge is 0.315 e. The standard InChI is InChI=1S/C15H21ClN2O3S/c1-10(8-9-22(2,20)21)17-15(19)18-14-7-6-11-12(14)4-3-5-13(11)16/h3-5,10,14H,6-9H2,1-2H3,(H2,17,18,19)/t10-,14-/m1/s1. The topological polar surface area (TPSA) is 75.3 Å². The van der Waals surface area contributed by atoms with E-state index >= 15 is 0 Å². The number of benzene rings is 1. The maximum atomic E-state index is 12.0. The van der Waals surface area contributed by atoms with E-state index in [-0.39, 0.29) is 23.9 Å². The molecule has 0 saturated carbocycles. The molecule has 5 nitrogen and oxygen atoms in total. The predicted octanol–water partition coefficient (Wildman–Crippen LogP) is 2.45. The van der Waals surface area contributed by atoms with Gasteiger partial charge in [0, 0.05) is 17.3 Å². The van der Waals surface area contributed by atoms with Crippen LogP contribution in [0.15, 0.2) is 18.2 Å². The second-order valence-electron chi connectivity index (χ2n) is 5.84. The van der Waals surface area contributed by atoms with E-state index < -0.39 is 9.84 Å². The summed E-state index contributed by atoms with van der Waals surface area (Å²) in [5.41, 5.74) is 2.16. The van der Waals surface area contributed by atoms with Gasteiger partial charge in [0.15, 0.2) is 0 Å². The van der Waals surface area contributed by atoms with Crippen LogP contribution in [0, 0.1) is 0 Å². The van der Waals surface area contributed by atoms with Crippen LogP contribution in [0.5, 0.6) is 0 Å². The largest absolute Gasteiger partial charge is 0.336 e. The number of amides is 2. The fraction of sp³-hybridized carbons (Fsp3) is 0.533. The maximum absolute atomic E-state index is 12.0. The summed E-state index contributed by atoms with van der Waals surface area (Å²) < 4.78 is 22.3. The van der Waals surface area contributed by atoms with E-state index in [1.54, 1.807) is 6.92 Å². The van der Waals surface area contributed by atoms with Crippen molar-refractivity contribution >= 4 is 27.5 Å². The highest BCUT2D eigenvalue weighted by Gasteiger charge is 2.25. The number of hydrogen-bond acceptors (Lipinski definition) is 3. The maximum Gasteiger partial charge on any atom is 0.315 e. The van der Waals surface area contributed by atoms with Crippen LogP contribution in [0.3, 0.4) is 0 Å². The molecule has 1 aromatic carbocycles. The van der Waals surface area contributed by atoms with Crippen LogP contribution in [0.25, 0.3) is 0 Å². The van der Waals surface area contributed by atoms with Crippen molar-refractivity contribution in [3.63, 3.8) is 0 Å². The molecule has 0 aliphatic heterocycles. The van der Waals surface area contributed by atoms with Crippen LogP contribution in [0.2, 0.25) is 5.02 Å². The molecule has 0 saturated heterocycles. The van der Waals surface area contributed by atoms with Crippen molar-refractivity contribution in [1.29, 1.82) is 0 Å². The van der Waals surface area contributed by atoms with Gasteiger partial charge in [-0.3, -0.25) is 0 Å². The summed E-state index contributed by atoms with van der Waals surface area (Å²) in [5.74, 6) is 0.0658. The third-order valence-electron chi connectivity index (χ3n) is 3.82. The minimum atomic E-state index is -3.01. The molecule has 0 aromatic heterocycles. The molecular weight excluding hydrogens is 324 g/mol. The van der Waals surface area contributed by atoms with Gasteiger partial charge in [0.2, 0.25) is 0 Å². The molecule has 1 aliphatic rings. The zero-order chi connectivity index (χ0) is 16.3. The molecule has 0 radical (unpaired) electrons. The minimum Gasteiger partial charge on any atom is -0.336 e. The minimum absolute atomic E-state index is 0.0455. The Morgan fingerprint density at radius 1 is 1.45 bits per heavy atom. The van der Waals surface area contributed by atoms with Crippen molar-refractivity contribution in [2.75, 3.05) is 12.0 Å². The Hall–Kier alpha value is -1.27. The average Bonchev–Trinajstić information content (AvgIpc) is 2.80. The molecule has 1 aliphatic carbocycles. The lowest BCUT2D eigenvalue weighted by atomic mass is 10.1. The average molecular weight is 345 g/mol. The van der Waals surface area contributed by atoms with Crippen molar-refractivity contribution in [3.8, 4) is 0 Å². The number of carbonyl (C=O) groups excluding carboxylic acids is 1. The highest BCUT2D eigenvalue weighted by molar-refractivity contribution is 7.90. The Bertz CT molecular complexity index is 661. The normalized spacial score (nSPS) is 18.6. The van der Waals surface area contributed by atoms with Gasteiger partial charge in [-0.1, -0.05) is 23.7 Å². The van der Waals surface area contributed by atoms with Gasteiger partial charge in [0.1, 0.15) is 9.84 Å². The lowest BCUT2D eigenvalue weighted by Gasteiger charge is -2.18. The lowest BCUT2D eigenvalue weighted by Crippen LogP contribution is -2.42. The van der Waals surface area contributed by atoms with E-state index in [4.69, 9.17) is 11.6 Å². The molecule has 22 heavy (non-hydrogen) atoms. The first-order chi connectivity index (χ1) is 10.3. The van der Waals surface area contributed by atoms with E-state index in [0.29, 0.717) is 6.42 Å². The van der Waals surface area contributed by atoms with Crippen LogP contribution in [0.1, 0.15) is 36.9 Å². The van der Waals surface area contributed by atoms with E-state index in [1.165, 1.54) is 6.26 Å². The van der Waals surface area contributed by atoms with Gasteiger partial charge in [-0.15, -0.1) is 0 Å². The molecular formula is C15H21ClN2O3S. The Morgan fingerprint density at radius 3 is 2.86 bits per heavy atom. The van der Waals surface area contributed by atoms with Crippen molar-refractivity contribution in [2.24, 2.45) is 0 Å². The van der Waals surface area contributed by atoms with Crippen LogP contribution in [0.4, 0.5) is 4.79 Å². The SMILES string of the molecule is C[C@H](CCS(C)(=O)=O)NC(=O)N[C@@H]1CCc2c(Cl)cccc21. The molecule has 7 heteroatoms. The molecule has 122 valence electrons. The van der Waals surface area contributed by atoms with Gasteiger partial charge in [0.05, 0.1) is 11.8 Å². The van der Waals surface area contributed by atoms with Gasteiger partial charge in [-0.2, -0.15) is 0 Å². The number of nitrogens with one attached hydrogen (secondary N) is 2. The number of sulfone groups is 1. The summed E-state index contributed by atoms with van der Waals surface area (Å²) in [7, 11) is -3.01. The number of halogens is 1. The first kappa shape index (κ1) is 17.1. The quantitative estimate of drug-likeness (QED) is 0.861. The molecule has 2 N–H and O–H groups in total. The summed E-state index contributed by atoms with van der Waals surface area (Å²) in [5, 5.41) is 6.45. The molecule has 0 bridgehead atoms. The molecule has 1 aromatic rings. The Balaban J connectivity index is 1.88. The second kappa shape index (κ2) is 6.87. The first-order valence-corrected chi connectivity index (χ1v) is 9.72. The van der Waals surface area contributed by atoms with Crippen LogP contribution < -0.4 is 10.6 Å². The number of carbonyl (C=O) groups is 1. The van der Waals surface area contributed by atoms with Crippen molar-refractivity contribution < 1.29 is 13.2 Å².